The summed E-state index contributed by atoms with van der Waals surface area (Å²) in [5, 5.41) is 10.8. The molecular formula is C29H39ClN2O6. The Bertz CT molecular complexity index is 1090. The highest BCUT2D eigenvalue weighted by atomic mass is 35.5. The Morgan fingerprint density at radius 3 is 2.61 bits per heavy atom. The maximum Gasteiger partial charge on any atom is 0.312 e. The second-order valence-electron chi connectivity index (χ2n) is 11.0. The number of fused-ring (bicyclic) bond motifs is 1. The number of aliphatic hydroxyl groups excluding tert-OH is 1. The van der Waals surface area contributed by atoms with Gasteiger partial charge >= 0.3 is 5.97 Å². The van der Waals surface area contributed by atoms with Crippen LogP contribution >= 0.6 is 11.6 Å². The van der Waals surface area contributed by atoms with Crippen molar-refractivity contribution in [1.82, 2.24) is 4.90 Å². The zero-order chi connectivity index (χ0) is 27.8. The first-order valence-corrected chi connectivity index (χ1v) is 14.0. The molecule has 0 aliphatic carbocycles. The molecule has 208 valence electrons. The van der Waals surface area contributed by atoms with Gasteiger partial charge in [0.05, 0.1) is 41.5 Å². The standard InChI is InChI=1S/C29H39ClN2O6/c1-6-15-31(21-12-10-9-11-20(21)30)26(35)24-29-14-13-28(7-2,38-29)23(27(36)37-8-3)22(29)25(34)32(24)19(17-33)16-18(4)5/h6,9-12,18-19,22-24,33H,1,7-8,13-17H2,2-5H3/t19-,22+,23-,24?,28+,29?/m1/s1. The van der Waals surface area contributed by atoms with Crippen molar-refractivity contribution in [2.75, 3.05) is 24.7 Å². The molecule has 4 rings (SSSR count). The maximum atomic E-state index is 14.6. The predicted octanol–water partition coefficient (Wildman–Crippen LogP) is 3.98. The van der Waals surface area contributed by atoms with Gasteiger partial charge in [0.25, 0.3) is 5.91 Å². The number of esters is 1. The Labute approximate surface area is 229 Å². The van der Waals surface area contributed by atoms with Gasteiger partial charge < -0.3 is 24.4 Å². The number of benzene rings is 1. The molecule has 38 heavy (non-hydrogen) atoms. The van der Waals surface area contributed by atoms with Gasteiger partial charge in [-0.15, -0.1) is 6.58 Å². The molecule has 1 aromatic carbocycles. The van der Waals surface area contributed by atoms with E-state index in [9.17, 15) is 19.5 Å². The molecule has 0 aromatic heterocycles. The molecule has 2 amide bonds. The molecule has 1 N–H and O–H groups in total. The van der Waals surface area contributed by atoms with Crippen molar-refractivity contribution in [2.24, 2.45) is 17.8 Å². The van der Waals surface area contributed by atoms with Crippen molar-refractivity contribution < 1.29 is 29.0 Å². The monoisotopic (exact) mass is 546 g/mol. The molecule has 0 radical (unpaired) electrons. The number of para-hydroxylation sites is 1. The molecule has 6 atom stereocenters. The summed E-state index contributed by atoms with van der Waals surface area (Å²) in [7, 11) is 0. The fourth-order valence-corrected chi connectivity index (χ4v) is 7.23. The minimum absolute atomic E-state index is 0.154. The Morgan fingerprint density at radius 2 is 2.03 bits per heavy atom. The average molecular weight is 547 g/mol. The van der Waals surface area contributed by atoms with Crippen LogP contribution in [0.15, 0.2) is 36.9 Å². The van der Waals surface area contributed by atoms with Gasteiger partial charge in [-0.2, -0.15) is 0 Å². The van der Waals surface area contributed by atoms with Gasteiger partial charge in [0.2, 0.25) is 5.91 Å². The summed E-state index contributed by atoms with van der Waals surface area (Å²) < 4.78 is 12.2. The highest BCUT2D eigenvalue weighted by Crippen LogP contribution is 2.65. The number of amides is 2. The SMILES string of the molecule is C=CCN(C(=O)C1N([C@@H](CO)CC(C)C)C(=O)[C@@H]2[C@H](C(=O)OCC)[C@]3(CC)CCC12O3)c1ccccc1Cl. The van der Waals surface area contributed by atoms with Gasteiger partial charge in [0.1, 0.15) is 17.6 Å². The summed E-state index contributed by atoms with van der Waals surface area (Å²) in [5.41, 5.74) is -1.60. The van der Waals surface area contributed by atoms with Crippen LogP contribution < -0.4 is 4.90 Å². The summed E-state index contributed by atoms with van der Waals surface area (Å²) >= 11 is 6.52. The van der Waals surface area contributed by atoms with Crippen molar-refractivity contribution in [3.05, 3.63) is 41.9 Å². The van der Waals surface area contributed by atoms with Crippen LogP contribution in [0.4, 0.5) is 5.69 Å². The molecule has 2 unspecified atom stereocenters. The molecule has 3 aliphatic heterocycles. The van der Waals surface area contributed by atoms with Crippen LogP contribution in [0.2, 0.25) is 5.02 Å². The molecule has 8 nitrogen and oxygen atoms in total. The number of likely N-dealkylation sites (tertiary alicyclic amines) is 1. The highest BCUT2D eigenvalue weighted by molar-refractivity contribution is 6.34. The molecule has 3 heterocycles. The van der Waals surface area contributed by atoms with Crippen LogP contribution in [0.3, 0.4) is 0 Å². The Morgan fingerprint density at radius 1 is 1.32 bits per heavy atom. The lowest BCUT2D eigenvalue weighted by Gasteiger charge is -2.40. The topological polar surface area (TPSA) is 96.4 Å². The number of nitrogens with zero attached hydrogens (tertiary/aromatic N) is 2. The van der Waals surface area contributed by atoms with E-state index in [1.807, 2.05) is 20.8 Å². The van der Waals surface area contributed by atoms with E-state index >= 15 is 0 Å². The van der Waals surface area contributed by atoms with Crippen LogP contribution in [0.1, 0.15) is 53.4 Å². The fourth-order valence-electron chi connectivity index (χ4n) is 6.99. The molecule has 9 heteroatoms. The number of carbonyl (C=O) groups is 3. The molecule has 3 saturated heterocycles. The predicted molar refractivity (Wildman–Crippen MR) is 145 cm³/mol. The Balaban J connectivity index is 1.89. The lowest BCUT2D eigenvalue weighted by Crippen LogP contribution is -2.59. The number of carbonyl (C=O) groups excluding carboxylic acids is 3. The summed E-state index contributed by atoms with van der Waals surface area (Å²) in [6.07, 6.45) is 3.60. The first-order chi connectivity index (χ1) is 18.1. The fraction of sp³-hybridized carbons (Fsp3) is 0.621. The summed E-state index contributed by atoms with van der Waals surface area (Å²) in [6.45, 7) is 11.5. The van der Waals surface area contributed by atoms with Crippen LogP contribution in [-0.4, -0.2) is 70.8 Å². The third kappa shape index (κ3) is 4.34. The van der Waals surface area contributed by atoms with E-state index in [1.54, 1.807) is 37.3 Å². The van der Waals surface area contributed by atoms with Gasteiger partial charge in [0.15, 0.2) is 0 Å². The minimum atomic E-state index is -1.22. The highest BCUT2D eigenvalue weighted by Gasteiger charge is 2.79. The van der Waals surface area contributed by atoms with Crippen molar-refractivity contribution in [1.29, 1.82) is 0 Å². The van der Waals surface area contributed by atoms with Crippen molar-refractivity contribution in [3.63, 3.8) is 0 Å². The average Bonchev–Trinajstić information content (AvgIpc) is 3.49. The number of anilines is 1. The van der Waals surface area contributed by atoms with E-state index in [0.29, 0.717) is 36.4 Å². The van der Waals surface area contributed by atoms with E-state index in [2.05, 4.69) is 6.58 Å². The van der Waals surface area contributed by atoms with E-state index in [-0.39, 0.29) is 37.5 Å². The van der Waals surface area contributed by atoms with E-state index in [1.165, 1.54) is 9.80 Å². The number of aliphatic hydroxyl groups is 1. The van der Waals surface area contributed by atoms with Crippen molar-refractivity contribution in [2.45, 2.75) is 76.7 Å². The second-order valence-corrected chi connectivity index (χ2v) is 11.4. The first kappa shape index (κ1) is 28.6. The van der Waals surface area contributed by atoms with Gasteiger partial charge in [0, 0.05) is 6.54 Å². The van der Waals surface area contributed by atoms with E-state index in [0.717, 1.165) is 0 Å². The second kappa shape index (κ2) is 11.0. The van der Waals surface area contributed by atoms with E-state index < -0.39 is 41.1 Å². The lowest BCUT2D eigenvalue weighted by molar-refractivity contribution is -0.161. The molecule has 1 spiro atoms. The number of rotatable bonds is 11. The summed E-state index contributed by atoms with van der Waals surface area (Å²) in [6, 6.07) is 5.37. The van der Waals surface area contributed by atoms with Crippen molar-refractivity contribution in [3.8, 4) is 0 Å². The number of hydrogen-bond donors (Lipinski definition) is 1. The molecule has 3 aliphatic rings. The molecule has 0 saturated carbocycles. The van der Waals surface area contributed by atoms with Crippen LogP contribution in [0.25, 0.3) is 0 Å². The zero-order valence-corrected chi connectivity index (χ0v) is 23.4. The quantitative estimate of drug-likeness (QED) is 0.333. The lowest BCUT2D eigenvalue weighted by atomic mass is 9.65. The van der Waals surface area contributed by atoms with E-state index in [4.69, 9.17) is 21.1 Å². The largest absolute Gasteiger partial charge is 0.466 e. The first-order valence-electron chi connectivity index (χ1n) is 13.6. The van der Waals surface area contributed by atoms with Crippen LogP contribution in [0, 0.1) is 17.8 Å². The van der Waals surface area contributed by atoms with Gasteiger partial charge in [-0.05, 0) is 50.7 Å². The third-order valence-corrected chi connectivity index (χ3v) is 8.78. The summed E-state index contributed by atoms with van der Waals surface area (Å²) in [5.74, 6) is -2.72. The Kier molecular flexibility index (Phi) is 8.26. The Hall–Kier alpha value is -2.42. The van der Waals surface area contributed by atoms with Gasteiger partial charge in [-0.1, -0.05) is 50.6 Å². The maximum absolute atomic E-state index is 14.6. The van der Waals surface area contributed by atoms with Gasteiger partial charge in [-0.3, -0.25) is 14.4 Å². The zero-order valence-electron chi connectivity index (χ0n) is 22.7. The smallest absolute Gasteiger partial charge is 0.312 e. The number of hydrogen-bond acceptors (Lipinski definition) is 6. The number of halogens is 1. The van der Waals surface area contributed by atoms with Crippen molar-refractivity contribution >= 4 is 35.1 Å². The molecular weight excluding hydrogens is 508 g/mol. The normalized spacial score (nSPS) is 30.4. The molecule has 2 bridgehead atoms. The van der Waals surface area contributed by atoms with Crippen LogP contribution in [0.5, 0.6) is 0 Å². The summed E-state index contributed by atoms with van der Waals surface area (Å²) in [4.78, 5) is 45.3. The minimum Gasteiger partial charge on any atom is -0.466 e. The molecule has 3 fully saturated rings. The van der Waals surface area contributed by atoms with Gasteiger partial charge in [-0.25, -0.2) is 0 Å². The number of ether oxygens (including phenoxy) is 2. The van der Waals surface area contributed by atoms with Crippen LogP contribution in [-0.2, 0) is 23.9 Å². The molecule has 1 aromatic rings. The third-order valence-electron chi connectivity index (χ3n) is 8.46.